The average molecular weight is 817 g/mol. The van der Waals surface area contributed by atoms with Crippen LogP contribution in [-0.4, -0.2) is 63.1 Å². The summed E-state index contributed by atoms with van der Waals surface area (Å²) >= 11 is 0. The summed E-state index contributed by atoms with van der Waals surface area (Å²) < 4.78 is 10.4. The molecule has 1 aliphatic carbocycles. The number of carbonyl (C=O) groups is 3. The van der Waals surface area contributed by atoms with Crippen molar-refractivity contribution in [1.82, 2.24) is 18.9 Å². The first-order chi connectivity index (χ1) is 29.6. The molecule has 0 spiro atoms. The molecule has 61 heavy (non-hydrogen) atoms. The van der Waals surface area contributed by atoms with Crippen molar-refractivity contribution in [2.75, 3.05) is 20.3 Å². The Morgan fingerprint density at radius 1 is 0.607 bits per heavy atom. The number of unbranched alkanes of at least 4 members (excludes halogenated alkanes) is 1. The molecule has 2 aromatic heterocycles. The molecule has 1 saturated carbocycles. The Labute approximate surface area is 359 Å². The van der Waals surface area contributed by atoms with Crippen molar-refractivity contribution in [2.45, 2.75) is 111 Å². The smallest absolute Gasteiger partial charge is 0.334 e. The number of hydrogen-bond acceptors (Lipinski definition) is 4. The molecule has 8 rings (SSSR count). The van der Waals surface area contributed by atoms with E-state index in [0.29, 0.717) is 24.8 Å². The van der Waals surface area contributed by atoms with Crippen LogP contribution in [0.25, 0.3) is 55.5 Å². The van der Waals surface area contributed by atoms with Gasteiger partial charge >= 0.3 is 6.03 Å². The fraction of sp³-hybridized carbons (Fsp3) is 0.377. The van der Waals surface area contributed by atoms with E-state index >= 15 is 0 Å². The van der Waals surface area contributed by atoms with Gasteiger partial charge in [0.2, 0.25) is 0 Å². The van der Waals surface area contributed by atoms with Crippen molar-refractivity contribution in [2.24, 2.45) is 0 Å². The van der Waals surface area contributed by atoms with Gasteiger partial charge in [-0.2, -0.15) is 0 Å². The molecule has 6 aromatic rings. The van der Waals surface area contributed by atoms with Gasteiger partial charge in [0.1, 0.15) is 5.57 Å². The largest absolute Gasteiger partial charge is 0.383 e. The van der Waals surface area contributed by atoms with E-state index in [1.54, 1.807) is 14.0 Å². The summed E-state index contributed by atoms with van der Waals surface area (Å²) in [6.07, 6.45) is 15.6. The normalized spacial score (nSPS) is 20.1. The minimum Gasteiger partial charge on any atom is -0.383 e. The number of imide groups is 2. The van der Waals surface area contributed by atoms with Crippen LogP contribution in [0.5, 0.6) is 0 Å². The highest BCUT2D eigenvalue weighted by Crippen LogP contribution is 2.41. The van der Waals surface area contributed by atoms with Crippen LogP contribution >= 0.6 is 0 Å². The number of urea groups is 1. The fourth-order valence-corrected chi connectivity index (χ4v) is 10.2. The molecule has 3 heterocycles. The molecule has 1 aliphatic heterocycles. The van der Waals surface area contributed by atoms with Gasteiger partial charge in [-0.05, 0) is 105 Å². The van der Waals surface area contributed by atoms with E-state index in [1.165, 1.54) is 53.2 Å². The van der Waals surface area contributed by atoms with E-state index in [0.717, 1.165) is 53.9 Å². The lowest BCUT2D eigenvalue weighted by molar-refractivity contribution is -0.137. The third-order valence-electron chi connectivity index (χ3n) is 13.0. The molecule has 3 atom stereocenters. The van der Waals surface area contributed by atoms with Gasteiger partial charge in [0.25, 0.3) is 11.8 Å². The number of barbiturate groups is 1. The molecule has 8 heteroatoms. The van der Waals surface area contributed by atoms with E-state index in [4.69, 9.17) is 4.74 Å². The van der Waals surface area contributed by atoms with Crippen LogP contribution in [0, 0.1) is 0 Å². The Morgan fingerprint density at radius 2 is 1.10 bits per heavy atom. The summed E-state index contributed by atoms with van der Waals surface area (Å²) in [6.45, 7) is 13.3. The zero-order valence-corrected chi connectivity index (χ0v) is 37.0. The first-order valence-electron chi connectivity index (χ1n) is 22.5. The third kappa shape index (κ3) is 7.33. The summed E-state index contributed by atoms with van der Waals surface area (Å²) in [7, 11) is 1.56. The van der Waals surface area contributed by atoms with Crippen molar-refractivity contribution in [1.29, 1.82) is 0 Å². The van der Waals surface area contributed by atoms with Crippen LogP contribution in [0.2, 0.25) is 0 Å². The Morgan fingerprint density at radius 3 is 1.56 bits per heavy atom. The lowest BCUT2D eigenvalue weighted by Gasteiger charge is -2.37. The number of hydrogen-bond donors (Lipinski definition) is 0. The molecule has 4 aromatic carbocycles. The van der Waals surface area contributed by atoms with Crippen molar-refractivity contribution in [3.8, 4) is 0 Å². The minimum atomic E-state index is -0.578. The standard InChI is InChI=1S/C53H60N4O4/c1-8-11-32-54-51(58)50(52(59)57(53(54)60)36(6)33-61-7)47-39(28-30-43-41-22-12-18-37-20-14-24-45(48(37)41)55(43)34(4)16-9-2)26-27-40(47)29-31-44-42-23-13-19-38-21-15-25-46(49(38)42)56(44)35(5)17-10-3/h12-15,18-25,28-31,34-36H,8-11,16-17,26-27,32-33H2,1-7H3/b39-28+,40-29+,43-30-,44-31+,50-47?. The topological polar surface area (TPSA) is 76.8 Å². The van der Waals surface area contributed by atoms with Crippen LogP contribution < -0.4 is 10.7 Å². The maximum absolute atomic E-state index is 14.9. The predicted octanol–water partition coefficient (Wildman–Crippen LogP) is 10.9. The second kappa shape index (κ2) is 17.7. The molecule has 3 unspecified atom stereocenters. The average Bonchev–Trinajstić information content (AvgIpc) is 3.91. The number of aromatic nitrogens is 2. The van der Waals surface area contributed by atoms with Crippen molar-refractivity contribution >= 4 is 73.3 Å². The van der Waals surface area contributed by atoms with Gasteiger partial charge in [-0.25, -0.2) is 4.79 Å². The van der Waals surface area contributed by atoms with Gasteiger partial charge in [0, 0.05) is 69.0 Å². The van der Waals surface area contributed by atoms with Gasteiger partial charge in [-0.3, -0.25) is 19.4 Å². The number of methoxy groups -OCH3 is 1. The van der Waals surface area contributed by atoms with E-state index in [-0.39, 0.29) is 30.8 Å². The van der Waals surface area contributed by atoms with E-state index in [9.17, 15) is 14.4 Å². The van der Waals surface area contributed by atoms with Crippen LogP contribution in [-0.2, 0) is 14.3 Å². The summed E-state index contributed by atoms with van der Waals surface area (Å²) in [6, 6.07) is 25.4. The van der Waals surface area contributed by atoms with Crippen LogP contribution in [0.1, 0.15) is 105 Å². The quantitative estimate of drug-likeness (QED) is 0.0810. The maximum Gasteiger partial charge on any atom is 0.334 e. The Kier molecular flexibility index (Phi) is 12.2. The molecule has 4 amide bonds. The Hall–Kier alpha value is -5.73. The minimum absolute atomic E-state index is 0.0616. The van der Waals surface area contributed by atoms with Crippen molar-refractivity contribution in [3.05, 3.63) is 118 Å². The van der Waals surface area contributed by atoms with Gasteiger partial charge < -0.3 is 13.9 Å². The van der Waals surface area contributed by atoms with Gasteiger partial charge in [0.05, 0.1) is 12.6 Å². The summed E-state index contributed by atoms with van der Waals surface area (Å²) in [5, 5.41) is 9.47. The Balaban J connectivity index is 1.41. The van der Waals surface area contributed by atoms with Gasteiger partial charge in [0.15, 0.2) is 0 Å². The number of benzene rings is 4. The monoisotopic (exact) mass is 816 g/mol. The SMILES string of the molecule is CCCCN1C(=O)C(=C2/C(=C/C=c3/c4cccc5cccc(c54)n3C(C)CCC)CC/C2=C\C=c2/c3cccc4cccc(c43)n2C(C)CCC)C(=O)N(C(C)COC)C1=O. The first-order valence-corrected chi connectivity index (χ1v) is 22.5. The van der Waals surface area contributed by atoms with E-state index < -0.39 is 23.9 Å². The molecule has 8 nitrogen and oxygen atoms in total. The summed E-state index contributed by atoms with van der Waals surface area (Å²) in [5.41, 5.74) is 4.93. The maximum atomic E-state index is 14.9. The van der Waals surface area contributed by atoms with Crippen LogP contribution in [0.4, 0.5) is 4.79 Å². The number of carbonyl (C=O) groups excluding carboxylic acids is 3. The number of ether oxygens (including phenoxy) is 1. The molecular formula is C53H60N4O4. The third-order valence-corrected chi connectivity index (χ3v) is 13.0. The summed E-state index contributed by atoms with van der Waals surface area (Å²) in [5.74, 6) is -1.08. The molecule has 0 radical (unpaired) electrons. The second-order valence-corrected chi connectivity index (χ2v) is 17.2. The Bertz CT molecular complexity index is 2700. The summed E-state index contributed by atoms with van der Waals surface area (Å²) in [4.78, 5) is 46.3. The predicted molar refractivity (Wildman–Crippen MR) is 250 cm³/mol. The van der Waals surface area contributed by atoms with Crippen LogP contribution in [0.15, 0.2) is 107 Å². The number of amides is 4. The molecule has 316 valence electrons. The lowest BCUT2D eigenvalue weighted by Crippen LogP contribution is -2.60. The lowest BCUT2D eigenvalue weighted by atomic mass is 9.94. The number of rotatable bonds is 14. The van der Waals surface area contributed by atoms with Gasteiger partial charge in [-0.1, -0.05) is 113 Å². The molecule has 2 aliphatic rings. The highest BCUT2D eigenvalue weighted by atomic mass is 16.5. The highest BCUT2D eigenvalue weighted by Gasteiger charge is 2.46. The number of allylic oxidation sites excluding steroid dienone is 5. The molecule has 0 bridgehead atoms. The van der Waals surface area contributed by atoms with Crippen molar-refractivity contribution < 1.29 is 19.1 Å². The number of nitrogens with zero attached hydrogens (tertiary/aromatic N) is 4. The highest BCUT2D eigenvalue weighted by molar-refractivity contribution is 6.30. The molecular weight excluding hydrogens is 757 g/mol. The van der Waals surface area contributed by atoms with Crippen LogP contribution in [0.3, 0.4) is 0 Å². The van der Waals surface area contributed by atoms with Gasteiger partial charge in [-0.15, -0.1) is 0 Å². The molecule has 0 N–H and O–H groups in total. The molecule has 1 saturated heterocycles. The zero-order valence-electron chi connectivity index (χ0n) is 37.0. The van der Waals surface area contributed by atoms with Crippen molar-refractivity contribution in [3.63, 3.8) is 0 Å². The fourth-order valence-electron chi connectivity index (χ4n) is 10.2. The zero-order chi connectivity index (χ0) is 42.9. The second-order valence-electron chi connectivity index (χ2n) is 17.2. The molecule has 2 fully saturated rings. The van der Waals surface area contributed by atoms with E-state index in [2.05, 4.69) is 134 Å². The first kappa shape index (κ1) is 42.0. The van der Waals surface area contributed by atoms with E-state index in [1.807, 2.05) is 6.92 Å².